The molecule has 6 nitrogen and oxygen atoms in total. The van der Waals surface area contributed by atoms with Crippen LogP contribution >= 0.6 is 0 Å². The van der Waals surface area contributed by atoms with Crippen molar-refractivity contribution in [3.63, 3.8) is 0 Å². The van der Waals surface area contributed by atoms with Gasteiger partial charge in [0.15, 0.2) is 0 Å². The molecule has 3 rings (SSSR count). The fourth-order valence-corrected chi connectivity index (χ4v) is 1.64. The maximum Gasteiger partial charge on any atom is 0.326 e. The van der Waals surface area contributed by atoms with Crippen molar-refractivity contribution in [1.82, 2.24) is 9.97 Å². The van der Waals surface area contributed by atoms with Gasteiger partial charge in [0.05, 0.1) is 23.6 Å². The Kier molecular flexibility index (Phi) is 2.45. The van der Waals surface area contributed by atoms with Gasteiger partial charge in [0.25, 0.3) is 0 Å². The van der Waals surface area contributed by atoms with E-state index < -0.39 is 0 Å². The van der Waals surface area contributed by atoms with Crippen LogP contribution < -0.4 is 10.6 Å². The van der Waals surface area contributed by atoms with E-state index in [1.54, 1.807) is 24.5 Å². The number of hydrogen-bond donors (Lipinski definition) is 3. The van der Waals surface area contributed by atoms with Crippen LogP contribution in [0, 0.1) is 0 Å². The third-order valence-electron chi connectivity index (χ3n) is 2.44. The number of fused-ring (bicyclic) bond motifs is 1. The number of furan rings is 1. The second-order valence-electron chi connectivity index (χ2n) is 3.69. The van der Waals surface area contributed by atoms with Gasteiger partial charge >= 0.3 is 6.03 Å². The van der Waals surface area contributed by atoms with Crippen molar-refractivity contribution in [1.29, 1.82) is 0 Å². The van der Waals surface area contributed by atoms with Crippen LogP contribution in [0.1, 0.15) is 0 Å². The quantitative estimate of drug-likeness (QED) is 0.646. The smallest absolute Gasteiger partial charge is 0.326 e. The fraction of sp³-hybridized carbons (Fsp3) is 0. The number of imidazole rings is 1. The molecule has 0 spiro atoms. The Balaban J connectivity index is 1.73. The number of urea groups is 1. The summed E-state index contributed by atoms with van der Waals surface area (Å²) in [6.45, 7) is 0. The Hall–Kier alpha value is -2.76. The number of nitrogens with one attached hydrogen (secondary N) is 3. The van der Waals surface area contributed by atoms with Crippen LogP contribution in [0.15, 0.2) is 47.3 Å². The van der Waals surface area contributed by atoms with Gasteiger partial charge in [-0.3, -0.25) is 5.32 Å². The number of aromatic amines is 1. The summed E-state index contributed by atoms with van der Waals surface area (Å²) in [5, 5.41) is 5.27. The highest BCUT2D eigenvalue weighted by molar-refractivity contribution is 5.99. The zero-order valence-electron chi connectivity index (χ0n) is 9.31. The SMILES string of the molecule is O=C(Nc1ccc2nc[nH]c2c1)Nc1ccco1. The number of carbonyl (C=O) groups is 1. The molecule has 0 atom stereocenters. The fourth-order valence-electron chi connectivity index (χ4n) is 1.64. The molecule has 0 saturated heterocycles. The Labute approximate surface area is 102 Å². The zero-order chi connectivity index (χ0) is 12.4. The van der Waals surface area contributed by atoms with Crippen molar-refractivity contribution in [3.8, 4) is 0 Å². The van der Waals surface area contributed by atoms with Gasteiger partial charge in [0, 0.05) is 11.8 Å². The maximum absolute atomic E-state index is 11.6. The van der Waals surface area contributed by atoms with Gasteiger partial charge in [-0.05, 0) is 24.3 Å². The summed E-state index contributed by atoms with van der Waals surface area (Å²) in [6, 6.07) is 8.43. The average molecular weight is 242 g/mol. The number of H-pyrrole nitrogens is 1. The number of benzene rings is 1. The molecule has 90 valence electrons. The summed E-state index contributed by atoms with van der Waals surface area (Å²) in [7, 11) is 0. The van der Waals surface area contributed by atoms with E-state index in [4.69, 9.17) is 4.42 Å². The molecular formula is C12H10N4O2. The van der Waals surface area contributed by atoms with Crippen LogP contribution in [-0.2, 0) is 0 Å². The summed E-state index contributed by atoms with van der Waals surface area (Å²) in [5.74, 6) is 0.398. The lowest BCUT2D eigenvalue weighted by atomic mass is 10.3. The normalized spacial score (nSPS) is 10.4. The van der Waals surface area contributed by atoms with Crippen LogP contribution in [0.3, 0.4) is 0 Å². The summed E-state index contributed by atoms with van der Waals surface area (Å²) < 4.78 is 5.01. The molecule has 0 radical (unpaired) electrons. The van der Waals surface area contributed by atoms with Crippen LogP contribution in [0.25, 0.3) is 11.0 Å². The molecule has 0 bridgehead atoms. The minimum atomic E-state index is -0.358. The van der Waals surface area contributed by atoms with Gasteiger partial charge < -0.3 is 14.7 Å². The molecule has 3 N–H and O–H groups in total. The molecule has 6 heteroatoms. The zero-order valence-corrected chi connectivity index (χ0v) is 9.31. The first-order valence-electron chi connectivity index (χ1n) is 5.36. The monoisotopic (exact) mass is 242 g/mol. The molecule has 2 aromatic heterocycles. The van der Waals surface area contributed by atoms with E-state index in [-0.39, 0.29) is 6.03 Å². The predicted molar refractivity (Wildman–Crippen MR) is 67.4 cm³/mol. The van der Waals surface area contributed by atoms with Crippen molar-refractivity contribution >= 4 is 28.6 Å². The van der Waals surface area contributed by atoms with Gasteiger partial charge in [-0.1, -0.05) is 0 Å². The van der Waals surface area contributed by atoms with E-state index in [9.17, 15) is 4.79 Å². The van der Waals surface area contributed by atoms with Gasteiger partial charge in [-0.2, -0.15) is 0 Å². The molecule has 2 heterocycles. The summed E-state index contributed by atoms with van der Waals surface area (Å²) in [6.07, 6.45) is 3.10. The molecular weight excluding hydrogens is 232 g/mol. The number of amides is 2. The number of anilines is 2. The van der Waals surface area contributed by atoms with Crippen molar-refractivity contribution in [2.24, 2.45) is 0 Å². The number of hydrogen-bond acceptors (Lipinski definition) is 3. The standard InChI is InChI=1S/C12H10N4O2/c17-12(16-11-2-1-5-18-11)15-8-3-4-9-10(6-8)14-7-13-9/h1-7H,(H,13,14)(H2,15,16,17). The first-order chi connectivity index (χ1) is 8.81. The van der Waals surface area contributed by atoms with E-state index in [1.165, 1.54) is 6.26 Å². The Morgan fingerprint density at radius 1 is 1.28 bits per heavy atom. The largest absolute Gasteiger partial charge is 0.449 e. The third-order valence-corrected chi connectivity index (χ3v) is 2.44. The average Bonchev–Trinajstić information content (AvgIpc) is 2.98. The van der Waals surface area contributed by atoms with Gasteiger partial charge in [-0.25, -0.2) is 9.78 Å². The highest BCUT2D eigenvalue weighted by Crippen LogP contribution is 2.16. The van der Waals surface area contributed by atoms with Gasteiger partial charge in [0.2, 0.25) is 5.88 Å². The second-order valence-corrected chi connectivity index (χ2v) is 3.69. The van der Waals surface area contributed by atoms with Crippen LogP contribution in [-0.4, -0.2) is 16.0 Å². The summed E-state index contributed by atoms with van der Waals surface area (Å²) >= 11 is 0. The highest BCUT2D eigenvalue weighted by Gasteiger charge is 2.05. The van der Waals surface area contributed by atoms with Crippen LogP contribution in [0.4, 0.5) is 16.4 Å². The number of aromatic nitrogens is 2. The van der Waals surface area contributed by atoms with E-state index in [2.05, 4.69) is 20.6 Å². The molecule has 3 aromatic rings. The first kappa shape index (κ1) is 10.4. The minimum Gasteiger partial charge on any atom is -0.449 e. The molecule has 0 fully saturated rings. The lowest BCUT2D eigenvalue weighted by Crippen LogP contribution is -2.18. The Bertz CT molecular complexity index is 672. The molecule has 0 aliphatic carbocycles. The third kappa shape index (κ3) is 2.03. The highest BCUT2D eigenvalue weighted by atomic mass is 16.3. The van der Waals surface area contributed by atoms with Gasteiger partial charge in [0.1, 0.15) is 0 Å². The van der Waals surface area contributed by atoms with E-state index >= 15 is 0 Å². The molecule has 1 aromatic carbocycles. The number of rotatable bonds is 2. The molecule has 18 heavy (non-hydrogen) atoms. The van der Waals surface area contributed by atoms with Crippen LogP contribution in [0.2, 0.25) is 0 Å². The predicted octanol–water partition coefficient (Wildman–Crippen LogP) is 2.80. The minimum absolute atomic E-state index is 0.358. The van der Waals surface area contributed by atoms with E-state index in [1.807, 2.05) is 12.1 Å². The number of nitrogens with zero attached hydrogens (tertiary/aromatic N) is 1. The first-order valence-corrected chi connectivity index (χ1v) is 5.36. The second kappa shape index (κ2) is 4.25. The lowest BCUT2D eigenvalue weighted by Gasteiger charge is -2.05. The maximum atomic E-state index is 11.6. The Morgan fingerprint density at radius 3 is 3.06 bits per heavy atom. The lowest BCUT2D eigenvalue weighted by molar-refractivity contribution is 0.261. The summed E-state index contributed by atoms with van der Waals surface area (Å²) in [5.41, 5.74) is 2.40. The van der Waals surface area contributed by atoms with Crippen molar-refractivity contribution in [2.45, 2.75) is 0 Å². The van der Waals surface area contributed by atoms with Crippen LogP contribution in [0.5, 0.6) is 0 Å². The van der Waals surface area contributed by atoms with E-state index in [0.29, 0.717) is 11.6 Å². The van der Waals surface area contributed by atoms with Crippen molar-refractivity contribution in [2.75, 3.05) is 10.6 Å². The molecule has 0 aliphatic heterocycles. The summed E-state index contributed by atoms with van der Waals surface area (Å²) in [4.78, 5) is 18.7. The molecule has 0 saturated carbocycles. The molecule has 0 aliphatic rings. The van der Waals surface area contributed by atoms with Gasteiger partial charge in [-0.15, -0.1) is 0 Å². The van der Waals surface area contributed by atoms with E-state index in [0.717, 1.165) is 11.0 Å². The topological polar surface area (TPSA) is 83.0 Å². The van der Waals surface area contributed by atoms with Crippen molar-refractivity contribution < 1.29 is 9.21 Å². The molecule has 2 amide bonds. The molecule has 0 unspecified atom stereocenters. The van der Waals surface area contributed by atoms with Crippen molar-refractivity contribution in [3.05, 3.63) is 42.9 Å². The number of carbonyl (C=O) groups excluding carboxylic acids is 1. The Morgan fingerprint density at radius 2 is 2.22 bits per heavy atom.